The second-order valence-electron chi connectivity index (χ2n) is 5.81. The molecule has 1 aromatic heterocycles. The van der Waals surface area contributed by atoms with Crippen molar-refractivity contribution in [2.45, 2.75) is 39.9 Å². The van der Waals surface area contributed by atoms with Crippen molar-refractivity contribution in [3.05, 3.63) is 40.7 Å². The lowest BCUT2D eigenvalue weighted by Gasteiger charge is -2.15. The smallest absolute Gasteiger partial charge is 0.231 e. The van der Waals surface area contributed by atoms with E-state index in [-0.39, 0.29) is 12.6 Å². The molecule has 0 spiro atoms. The molecule has 0 saturated carbocycles. The Labute approximate surface area is 136 Å². The monoisotopic (exact) mass is 317 g/mol. The van der Waals surface area contributed by atoms with E-state index in [4.69, 9.17) is 14.6 Å². The first-order valence-electron chi connectivity index (χ1n) is 7.87. The predicted molar refractivity (Wildman–Crippen MR) is 86.6 cm³/mol. The number of aliphatic hydroxyl groups is 1. The summed E-state index contributed by atoms with van der Waals surface area (Å²) in [5.41, 5.74) is 4.45. The van der Waals surface area contributed by atoms with Gasteiger partial charge in [-0.1, -0.05) is 6.07 Å². The fourth-order valence-electron chi connectivity index (χ4n) is 2.86. The minimum Gasteiger partial charge on any atom is -0.454 e. The van der Waals surface area contributed by atoms with Crippen LogP contribution in [0.25, 0.3) is 0 Å². The summed E-state index contributed by atoms with van der Waals surface area (Å²) in [6, 6.07) is 6.21. The summed E-state index contributed by atoms with van der Waals surface area (Å²) in [4.78, 5) is 0. The van der Waals surface area contributed by atoms with Gasteiger partial charge in [-0.25, -0.2) is 0 Å². The van der Waals surface area contributed by atoms with Crippen molar-refractivity contribution in [3.8, 4) is 11.5 Å². The molecule has 1 aliphatic rings. The van der Waals surface area contributed by atoms with Crippen LogP contribution in [0.2, 0.25) is 0 Å². The molecule has 0 aliphatic carbocycles. The molecule has 3 rings (SSSR count). The van der Waals surface area contributed by atoms with Crippen LogP contribution in [-0.2, 0) is 13.1 Å². The average molecular weight is 317 g/mol. The standard InChI is InChI=1S/C17H23N3O3/c1-11(14-4-5-16-17(8-14)23-10-22-16)18-9-15-12(2)19-20(6-7-21)13(15)3/h4-5,8,11,18,21H,6-7,9-10H2,1-3H3/t11-/m1/s1. The number of aromatic nitrogens is 2. The van der Waals surface area contributed by atoms with Crippen molar-refractivity contribution in [2.75, 3.05) is 13.4 Å². The highest BCUT2D eigenvalue weighted by Crippen LogP contribution is 2.34. The van der Waals surface area contributed by atoms with Crippen LogP contribution in [0.1, 0.15) is 35.5 Å². The van der Waals surface area contributed by atoms with E-state index in [0.29, 0.717) is 13.3 Å². The van der Waals surface area contributed by atoms with Crippen molar-refractivity contribution in [2.24, 2.45) is 0 Å². The second kappa shape index (κ2) is 6.60. The van der Waals surface area contributed by atoms with Gasteiger partial charge in [0.05, 0.1) is 18.8 Å². The zero-order valence-corrected chi connectivity index (χ0v) is 13.8. The number of nitrogens with one attached hydrogen (secondary N) is 1. The van der Waals surface area contributed by atoms with Gasteiger partial charge in [-0.3, -0.25) is 4.68 Å². The first kappa shape index (κ1) is 15.8. The van der Waals surface area contributed by atoms with Crippen molar-refractivity contribution in [1.82, 2.24) is 15.1 Å². The lowest BCUT2D eigenvalue weighted by molar-refractivity contribution is 0.174. The summed E-state index contributed by atoms with van der Waals surface area (Å²) in [5, 5.41) is 17.1. The lowest BCUT2D eigenvalue weighted by atomic mass is 10.1. The van der Waals surface area contributed by atoms with Crippen LogP contribution in [0.3, 0.4) is 0 Å². The van der Waals surface area contributed by atoms with Gasteiger partial charge in [-0.2, -0.15) is 5.10 Å². The Morgan fingerprint density at radius 2 is 2.09 bits per heavy atom. The number of rotatable bonds is 6. The van der Waals surface area contributed by atoms with Crippen LogP contribution in [0.5, 0.6) is 11.5 Å². The second-order valence-corrected chi connectivity index (χ2v) is 5.81. The summed E-state index contributed by atoms with van der Waals surface area (Å²) in [6.07, 6.45) is 0. The Balaban J connectivity index is 1.68. The molecule has 0 fully saturated rings. The van der Waals surface area contributed by atoms with E-state index in [2.05, 4.69) is 23.4 Å². The minimum atomic E-state index is 0.0996. The molecular weight excluding hydrogens is 294 g/mol. The van der Waals surface area contributed by atoms with E-state index in [1.165, 1.54) is 5.56 Å². The maximum Gasteiger partial charge on any atom is 0.231 e. The summed E-state index contributed by atoms with van der Waals surface area (Å²) in [6.45, 7) is 7.83. The number of hydrogen-bond donors (Lipinski definition) is 2. The number of benzene rings is 1. The van der Waals surface area contributed by atoms with Gasteiger partial charge in [0.1, 0.15) is 0 Å². The van der Waals surface area contributed by atoms with Crippen LogP contribution >= 0.6 is 0 Å². The number of aryl methyl sites for hydroxylation is 1. The third-order valence-electron chi connectivity index (χ3n) is 4.32. The normalized spacial score (nSPS) is 14.3. The maximum absolute atomic E-state index is 9.09. The van der Waals surface area contributed by atoms with Gasteiger partial charge in [-0.05, 0) is 38.5 Å². The van der Waals surface area contributed by atoms with E-state index in [1.54, 1.807) is 0 Å². The third kappa shape index (κ3) is 3.18. The van der Waals surface area contributed by atoms with Gasteiger partial charge in [0, 0.05) is 23.8 Å². The Hall–Kier alpha value is -2.05. The van der Waals surface area contributed by atoms with Crippen LogP contribution in [-0.4, -0.2) is 28.3 Å². The molecule has 23 heavy (non-hydrogen) atoms. The summed E-state index contributed by atoms with van der Waals surface area (Å²) >= 11 is 0. The Morgan fingerprint density at radius 3 is 2.87 bits per heavy atom. The van der Waals surface area contributed by atoms with Gasteiger partial charge in [0.2, 0.25) is 6.79 Å². The molecule has 1 atom stereocenters. The van der Waals surface area contributed by atoms with Crippen LogP contribution < -0.4 is 14.8 Å². The fraction of sp³-hybridized carbons (Fsp3) is 0.471. The molecule has 0 radical (unpaired) electrons. The molecule has 2 N–H and O–H groups in total. The van der Waals surface area contributed by atoms with Gasteiger partial charge in [0.15, 0.2) is 11.5 Å². The van der Waals surface area contributed by atoms with Gasteiger partial charge < -0.3 is 19.9 Å². The highest BCUT2D eigenvalue weighted by atomic mass is 16.7. The predicted octanol–water partition coefficient (Wildman–Crippen LogP) is 2.07. The molecule has 2 heterocycles. The number of hydrogen-bond acceptors (Lipinski definition) is 5. The van der Waals surface area contributed by atoms with Crippen molar-refractivity contribution in [1.29, 1.82) is 0 Å². The molecule has 124 valence electrons. The van der Waals surface area contributed by atoms with Gasteiger partial charge in [-0.15, -0.1) is 0 Å². The zero-order chi connectivity index (χ0) is 16.4. The first-order chi connectivity index (χ1) is 11.1. The molecule has 1 aromatic carbocycles. The van der Waals surface area contributed by atoms with Crippen molar-refractivity contribution < 1.29 is 14.6 Å². The summed E-state index contributed by atoms with van der Waals surface area (Å²) in [5.74, 6) is 1.61. The van der Waals surface area contributed by atoms with E-state index < -0.39 is 0 Å². The zero-order valence-electron chi connectivity index (χ0n) is 13.8. The number of nitrogens with zero attached hydrogens (tertiary/aromatic N) is 2. The first-order valence-corrected chi connectivity index (χ1v) is 7.87. The maximum atomic E-state index is 9.09. The SMILES string of the molecule is Cc1nn(CCO)c(C)c1CN[C@H](C)c1ccc2c(c1)OCO2. The Bertz CT molecular complexity index is 697. The molecule has 6 nitrogen and oxygen atoms in total. The molecular formula is C17H23N3O3. The Kier molecular flexibility index (Phi) is 4.54. The molecule has 0 bridgehead atoms. The molecule has 0 unspecified atom stereocenters. The quantitative estimate of drug-likeness (QED) is 0.854. The molecule has 2 aromatic rings. The van der Waals surface area contributed by atoms with E-state index in [0.717, 1.165) is 35.0 Å². The highest BCUT2D eigenvalue weighted by Gasteiger charge is 2.17. The third-order valence-corrected chi connectivity index (χ3v) is 4.32. The lowest BCUT2D eigenvalue weighted by Crippen LogP contribution is -2.19. The number of ether oxygens (including phenoxy) is 2. The molecule has 1 aliphatic heterocycles. The highest BCUT2D eigenvalue weighted by molar-refractivity contribution is 5.45. The van der Waals surface area contributed by atoms with Crippen molar-refractivity contribution >= 4 is 0 Å². The van der Waals surface area contributed by atoms with Crippen LogP contribution in [0.15, 0.2) is 18.2 Å². The minimum absolute atomic E-state index is 0.0996. The summed E-state index contributed by atoms with van der Waals surface area (Å²) in [7, 11) is 0. The largest absolute Gasteiger partial charge is 0.454 e. The van der Waals surface area contributed by atoms with E-state index >= 15 is 0 Å². The molecule has 0 saturated heterocycles. The van der Waals surface area contributed by atoms with Crippen LogP contribution in [0, 0.1) is 13.8 Å². The van der Waals surface area contributed by atoms with Crippen molar-refractivity contribution in [3.63, 3.8) is 0 Å². The molecule has 0 amide bonds. The van der Waals surface area contributed by atoms with Gasteiger partial charge >= 0.3 is 0 Å². The Morgan fingerprint density at radius 1 is 1.30 bits per heavy atom. The summed E-state index contributed by atoms with van der Waals surface area (Å²) < 4.78 is 12.6. The molecule has 6 heteroatoms. The fourth-order valence-corrected chi connectivity index (χ4v) is 2.86. The number of aliphatic hydroxyl groups excluding tert-OH is 1. The number of fused-ring (bicyclic) bond motifs is 1. The average Bonchev–Trinajstić information content (AvgIpc) is 3.10. The topological polar surface area (TPSA) is 68.5 Å². The van der Waals surface area contributed by atoms with E-state index in [1.807, 2.05) is 30.7 Å². The van der Waals surface area contributed by atoms with E-state index in [9.17, 15) is 0 Å². The van der Waals surface area contributed by atoms with Crippen LogP contribution in [0.4, 0.5) is 0 Å². The van der Waals surface area contributed by atoms with Gasteiger partial charge in [0.25, 0.3) is 0 Å².